The van der Waals surface area contributed by atoms with Gasteiger partial charge in [0, 0.05) is 17.9 Å². The second-order valence-corrected chi connectivity index (χ2v) is 9.82. The Morgan fingerprint density at radius 3 is 2.50 bits per heavy atom. The van der Waals surface area contributed by atoms with E-state index in [0.29, 0.717) is 6.42 Å². The number of aliphatic hydroxyl groups excluding tert-OH is 3. The first-order chi connectivity index (χ1) is 11.2. The molecule has 0 radical (unpaired) electrons. The third-order valence-corrected chi connectivity index (χ3v) is 8.43. The van der Waals surface area contributed by atoms with Gasteiger partial charge in [0.1, 0.15) is 11.7 Å². The highest BCUT2D eigenvalue weighted by Crippen LogP contribution is 2.72. The van der Waals surface area contributed by atoms with Gasteiger partial charge in [-0.1, -0.05) is 26.8 Å². The Kier molecular flexibility index (Phi) is 3.44. The minimum Gasteiger partial charge on any atom is -0.396 e. The summed E-state index contributed by atoms with van der Waals surface area (Å²) in [5.74, 6) is 0.107. The summed E-state index contributed by atoms with van der Waals surface area (Å²) in [7, 11) is 0. The van der Waals surface area contributed by atoms with E-state index in [9.17, 15) is 15.3 Å². The van der Waals surface area contributed by atoms with Crippen molar-refractivity contribution < 1.29 is 20.1 Å². The predicted molar refractivity (Wildman–Crippen MR) is 91.3 cm³/mol. The Labute approximate surface area is 144 Å². The molecule has 0 aromatic carbocycles. The SMILES string of the molecule is C=C[C@]1(C)CC[C@H]2[C@]3(C1)O[C@@H]3[C@H](O)C1[C@@](C)(CO)CC[C@H](O)[C@]12C. The van der Waals surface area contributed by atoms with Crippen molar-refractivity contribution in [1.29, 1.82) is 0 Å². The summed E-state index contributed by atoms with van der Waals surface area (Å²) in [4.78, 5) is 0. The van der Waals surface area contributed by atoms with Crippen LogP contribution in [-0.4, -0.2) is 45.8 Å². The molecule has 4 aliphatic rings. The van der Waals surface area contributed by atoms with Crippen LogP contribution in [0.25, 0.3) is 0 Å². The number of fused-ring (bicyclic) bond motifs is 2. The van der Waals surface area contributed by atoms with Gasteiger partial charge in [0.05, 0.1) is 12.2 Å². The van der Waals surface area contributed by atoms with E-state index >= 15 is 0 Å². The van der Waals surface area contributed by atoms with Crippen molar-refractivity contribution in [3.05, 3.63) is 12.7 Å². The third kappa shape index (κ3) is 1.83. The molecule has 1 heterocycles. The minimum atomic E-state index is -0.620. The fourth-order valence-corrected chi connectivity index (χ4v) is 7.03. The van der Waals surface area contributed by atoms with Crippen molar-refractivity contribution in [3.8, 4) is 0 Å². The summed E-state index contributed by atoms with van der Waals surface area (Å²) >= 11 is 0. The molecular formula is C20H32O4. The maximum Gasteiger partial charge on any atom is 0.114 e. The standard InChI is InChI=1S/C20H32O4/c1-5-17(2)8-6-12-19(4)13(22)7-9-18(3,11-21)15(19)14(23)16-20(12,10-17)24-16/h5,12-16,21-23H,1,6-11H2,2-4H3/t12-,13+,14-,15?,16-,17-,18-,19-,20+/m1/s1. The zero-order valence-electron chi connectivity index (χ0n) is 15.2. The average Bonchev–Trinajstić information content (AvgIpc) is 3.25. The number of rotatable bonds is 2. The predicted octanol–water partition coefficient (Wildman–Crippen LogP) is 2.27. The average molecular weight is 336 g/mol. The highest BCUT2D eigenvalue weighted by atomic mass is 16.6. The molecule has 0 amide bonds. The zero-order valence-corrected chi connectivity index (χ0v) is 15.2. The van der Waals surface area contributed by atoms with E-state index in [4.69, 9.17) is 4.74 Å². The maximum atomic E-state index is 11.2. The Balaban J connectivity index is 1.79. The Bertz CT molecular complexity index is 564. The molecule has 3 saturated carbocycles. The largest absolute Gasteiger partial charge is 0.396 e. The first-order valence-corrected chi connectivity index (χ1v) is 9.45. The highest BCUT2D eigenvalue weighted by molar-refractivity contribution is 5.28. The van der Waals surface area contributed by atoms with Gasteiger partial charge in [0.25, 0.3) is 0 Å². The van der Waals surface area contributed by atoms with E-state index in [2.05, 4.69) is 27.4 Å². The van der Waals surface area contributed by atoms with Crippen molar-refractivity contribution in [3.63, 3.8) is 0 Å². The second kappa shape index (κ2) is 4.85. The van der Waals surface area contributed by atoms with E-state index in [0.717, 1.165) is 25.7 Å². The summed E-state index contributed by atoms with van der Waals surface area (Å²) in [6.45, 7) is 10.5. The molecule has 4 rings (SSSR count). The number of aliphatic hydroxyl groups is 3. The summed E-state index contributed by atoms with van der Waals surface area (Å²) in [5.41, 5.74) is -1.05. The number of hydrogen-bond donors (Lipinski definition) is 3. The number of ether oxygens (including phenoxy) is 1. The lowest BCUT2D eigenvalue weighted by Crippen LogP contribution is -2.68. The fraction of sp³-hybridized carbons (Fsp3) is 0.900. The normalized spacial score (nSPS) is 62.2. The molecular weight excluding hydrogens is 304 g/mol. The van der Waals surface area contributed by atoms with E-state index in [-0.39, 0.29) is 41.0 Å². The van der Waals surface area contributed by atoms with Crippen LogP contribution in [0.1, 0.15) is 52.9 Å². The van der Waals surface area contributed by atoms with Gasteiger partial charge in [-0.05, 0) is 48.9 Å². The summed E-state index contributed by atoms with van der Waals surface area (Å²) in [5, 5.41) is 32.2. The Morgan fingerprint density at radius 2 is 1.88 bits per heavy atom. The van der Waals surface area contributed by atoms with Crippen LogP contribution in [0, 0.1) is 28.1 Å². The van der Waals surface area contributed by atoms with Gasteiger partial charge in [-0.25, -0.2) is 0 Å². The van der Waals surface area contributed by atoms with Gasteiger partial charge in [-0.15, -0.1) is 6.58 Å². The molecule has 1 saturated heterocycles. The molecule has 4 nitrogen and oxygen atoms in total. The van der Waals surface area contributed by atoms with Crippen molar-refractivity contribution >= 4 is 0 Å². The molecule has 4 fully saturated rings. The van der Waals surface area contributed by atoms with Gasteiger partial charge in [0.2, 0.25) is 0 Å². The quantitative estimate of drug-likeness (QED) is 0.534. The lowest BCUT2D eigenvalue weighted by atomic mass is 9.41. The van der Waals surface area contributed by atoms with Gasteiger partial charge in [-0.2, -0.15) is 0 Å². The van der Waals surface area contributed by atoms with Crippen LogP contribution in [0.3, 0.4) is 0 Å². The van der Waals surface area contributed by atoms with Crippen molar-refractivity contribution in [1.82, 2.24) is 0 Å². The fourth-order valence-electron chi connectivity index (χ4n) is 7.03. The Morgan fingerprint density at radius 1 is 1.17 bits per heavy atom. The molecule has 9 atom stereocenters. The molecule has 1 unspecified atom stereocenters. The molecule has 1 spiro atoms. The lowest BCUT2D eigenvalue weighted by molar-refractivity contribution is -0.213. The zero-order chi connectivity index (χ0) is 17.5. The molecule has 3 N–H and O–H groups in total. The van der Waals surface area contributed by atoms with E-state index < -0.39 is 17.6 Å². The van der Waals surface area contributed by atoms with Gasteiger partial charge < -0.3 is 20.1 Å². The van der Waals surface area contributed by atoms with Crippen LogP contribution in [0.15, 0.2) is 12.7 Å². The van der Waals surface area contributed by atoms with Crippen LogP contribution in [0.4, 0.5) is 0 Å². The second-order valence-electron chi connectivity index (χ2n) is 9.82. The van der Waals surface area contributed by atoms with Gasteiger partial charge in [0.15, 0.2) is 0 Å². The molecule has 136 valence electrons. The smallest absolute Gasteiger partial charge is 0.114 e. The van der Waals surface area contributed by atoms with Crippen LogP contribution in [0.5, 0.6) is 0 Å². The molecule has 4 heteroatoms. The van der Waals surface area contributed by atoms with Crippen LogP contribution in [-0.2, 0) is 4.74 Å². The molecule has 0 aromatic heterocycles. The van der Waals surface area contributed by atoms with Crippen molar-refractivity contribution in [2.75, 3.05) is 6.61 Å². The summed E-state index contributed by atoms with van der Waals surface area (Å²) in [6.07, 6.45) is 5.15. The molecule has 24 heavy (non-hydrogen) atoms. The van der Waals surface area contributed by atoms with E-state index in [1.807, 2.05) is 6.08 Å². The van der Waals surface area contributed by atoms with E-state index in [1.165, 1.54) is 0 Å². The van der Waals surface area contributed by atoms with Crippen molar-refractivity contribution in [2.45, 2.75) is 76.8 Å². The number of epoxide rings is 1. The van der Waals surface area contributed by atoms with Crippen LogP contribution < -0.4 is 0 Å². The third-order valence-electron chi connectivity index (χ3n) is 8.43. The van der Waals surface area contributed by atoms with Gasteiger partial charge >= 0.3 is 0 Å². The van der Waals surface area contributed by atoms with Crippen LogP contribution >= 0.6 is 0 Å². The van der Waals surface area contributed by atoms with Crippen LogP contribution in [0.2, 0.25) is 0 Å². The number of hydrogen-bond acceptors (Lipinski definition) is 4. The summed E-state index contributed by atoms with van der Waals surface area (Å²) < 4.78 is 6.23. The maximum absolute atomic E-state index is 11.2. The molecule has 0 aromatic rings. The topological polar surface area (TPSA) is 73.2 Å². The molecule has 3 aliphatic carbocycles. The van der Waals surface area contributed by atoms with Gasteiger partial charge in [-0.3, -0.25) is 0 Å². The van der Waals surface area contributed by atoms with E-state index in [1.54, 1.807) is 0 Å². The summed E-state index contributed by atoms with van der Waals surface area (Å²) in [6, 6.07) is 0. The van der Waals surface area contributed by atoms with Crippen molar-refractivity contribution in [2.24, 2.45) is 28.1 Å². The first kappa shape index (κ1) is 17.0. The Hall–Kier alpha value is -0.420. The first-order valence-electron chi connectivity index (χ1n) is 9.45. The molecule has 1 aliphatic heterocycles. The molecule has 0 bridgehead atoms. The number of allylic oxidation sites excluding steroid dienone is 1. The lowest BCUT2D eigenvalue weighted by Gasteiger charge is -2.63. The monoisotopic (exact) mass is 336 g/mol. The highest BCUT2D eigenvalue weighted by Gasteiger charge is 2.79. The minimum absolute atomic E-state index is 0.0358.